The summed E-state index contributed by atoms with van der Waals surface area (Å²) < 4.78 is 0. The Labute approximate surface area is 111 Å². The van der Waals surface area contributed by atoms with Crippen molar-refractivity contribution in [1.82, 2.24) is 4.90 Å². The molecule has 1 aliphatic heterocycles. The third-order valence-electron chi connectivity index (χ3n) is 4.78. The van der Waals surface area contributed by atoms with E-state index < -0.39 is 0 Å². The lowest BCUT2D eigenvalue weighted by molar-refractivity contribution is -0.120. The lowest BCUT2D eigenvalue weighted by Gasteiger charge is -2.41. The number of aldehydes is 1. The number of likely N-dealkylation sites (tertiary alicyclic amines) is 1. The zero-order chi connectivity index (χ0) is 13.0. The molecule has 0 aromatic rings. The topological polar surface area (TPSA) is 40.5 Å². The van der Waals surface area contributed by atoms with E-state index in [-0.39, 0.29) is 5.41 Å². The van der Waals surface area contributed by atoms with Gasteiger partial charge in [0, 0.05) is 25.1 Å². The highest BCUT2D eigenvalue weighted by molar-refractivity contribution is 5.60. The number of rotatable bonds is 4. The van der Waals surface area contributed by atoms with Crippen LogP contribution in [0.1, 0.15) is 45.4 Å². The van der Waals surface area contributed by atoms with Crippen LogP contribution in [0.2, 0.25) is 0 Å². The molecule has 1 saturated heterocycles. The minimum Gasteiger partial charge on any atom is -0.396 e. The molecule has 3 unspecified atom stereocenters. The van der Waals surface area contributed by atoms with Gasteiger partial charge >= 0.3 is 0 Å². The van der Waals surface area contributed by atoms with Gasteiger partial charge in [0.25, 0.3) is 0 Å². The van der Waals surface area contributed by atoms with E-state index in [0.717, 1.165) is 45.3 Å². The number of hydrogen-bond donors (Lipinski definition) is 1. The minimum atomic E-state index is -0.102. The first-order chi connectivity index (χ1) is 8.67. The number of carbonyl (C=O) groups excluding carboxylic acids is 1. The van der Waals surface area contributed by atoms with E-state index in [2.05, 4.69) is 11.8 Å². The lowest BCUT2D eigenvalue weighted by atomic mass is 9.70. The summed E-state index contributed by atoms with van der Waals surface area (Å²) in [4.78, 5) is 14.0. The molecule has 0 radical (unpaired) electrons. The van der Waals surface area contributed by atoms with Crippen molar-refractivity contribution in [3.8, 4) is 0 Å². The Balaban J connectivity index is 1.94. The summed E-state index contributed by atoms with van der Waals surface area (Å²) in [5, 5.41) is 9.28. The molecule has 1 N–H and O–H groups in total. The molecule has 0 bridgehead atoms. The Hall–Kier alpha value is -0.410. The van der Waals surface area contributed by atoms with Gasteiger partial charge in [-0.25, -0.2) is 0 Å². The van der Waals surface area contributed by atoms with Gasteiger partial charge in [-0.1, -0.05) is 19.8 Å². The number of aliphatic hydroxyl groups excluding tert-OH is 1. The Bertz CT molecular complexity index is 282. The van der Waals surface area contributed by atoms with Gasteiger partial charge in [-0.3, -0.25) is 0 Å². The van der Waals surface area contributed by atoms with Crippen LogP contribution in [0.25, 0.3) is 0 Å². The van der Waals surface area contributed by atoms with Crippen molar-refractivity contribution < 1.29 is 9.90 Å². The number of nitrogens with zero attached hydrogens (tertiary/aromatic N) is 1. The Morgan fingerprint density at radius 1 is 1.39 bits per heavy atom. The summed E-state index contributed by atoms with van der Waals surface area (Å²) >= 11 is 0. The van der Waals surface area contributed by atoms with E-state index in [1.54, 1.807) is 0 Å². The average Bonchev–Trinajstić information content (AvgIpc) is 2.39. The molecule has 2 aliphatic rings. The third-order valence-corrected chi connectivity index (χ3v) is 4.78. The zero-order valence-electron chi connectivity index (χ0n) is 11.6. The van der Waals surface area contributed by atoms with Gasteiger partial charge in [0.05, 0.1) is 0 Å². The van der Waals surface area contributed by atoms with Gasteiger partial charge in [0.1, 0.15) is 6.29 Å². The summed E-state index contributed by atoms with van der Waals surface area (Å²) in [6.45, 7) is 5.55. The van der Waals surface area contributed by atoms with Gasteiger partial charge < -0.3 is 14.8 Å². The van der Waals surface area contributed by atoms with E-state index >= 15 is 0 Å². The number of piperidine rings is 1. The monoisotopic (exact) mass is 253 g/mol. The highest BCUT2D eigenvalue weighted by Gasteiger charge is 2.37. The van der Waals surface area contributed by atoms with Crippen molar-refractivity contribution in [3.05, 3.63) is 0 Å². The molecule has 2 fully saturated rings. The average molecular weight is 253 g/mol. The summed E-state index contributed by atoms with van der Waals surface area (Å²) in [5.41, 5.74) is -0.102. The van der Waals surface area contributed by atoms with Crippen LogP contribution < -0.4 is 0 Å². The largest absolute Gasteiger partial charge is 0.396 e. The molecule has 1 saturated carbocycles. The van der Waals surface area contributed by atoms with E-state index in [9.17, 15) is 9.90 Å². The maximum absolute atomic E-state index is 11.6. The van der Waals surface area contributed by atoms with Crippen LogP contribution in [-0.2, 0) is 4.79 Å². The third kappa shape index (κ3) is 3.33. The molecule has 0 spiro atoms. The van der Waals surface area contributed by atoms with E-state index in [0.29, 0.717) is 18.4 Å². The summed E-state index contributed by atoms with van der Waals surface area (Å²) in [6, 6.07) is 0. The van der Waals surface area contributed by atoms with Crippen molar-refractivity contribution in [2.45, 2.75) is 45.4 Å². The predicted molar refractivity (Wildman–Crippen MR) is 72.4 cm³/mol. The normalized spacial score (nSPS) is 38.6. The molecule has 0 amide bonds. The maximum atomic E-state index is 11.6. The molecule has 18 heavy (non-hydrogen) atoms. The van der Waals surface area contributed by atoms with Crippen molar-refractivity contribution in [1.29, 1.82) is 0 Å². The number of aliphatic hydroxyl groups is 1. The molecule has 2 rings (SSSR count). The van der Waals surface area contributed by atoms with Crippen LogP contribution in [0, 0.1) is 17.3 Å². The van der Waals surface area contributed by atoms with Crippen molar-refractivity contribution in [2.75, 3.05) is 26.2 Å². The van der Waals surface area contributed by atoms with Crippen molar-refractivity contribution >= 4 is 6.29 Å². The second-order valence-electron chi connectivity index (χ2n) is 6.61. The number of carbonyl (C=O) groups is 1. The van der Waals surface area contributed by atoms with E-state index in [1.165, 1.54) is 19.1 Å². The predicted octanol–water partition coefficient (Wildman–Crippen LogP) is 2.09. The Kier molecular flexibility index (Phi) is 4.79. The van der Waals surface area contributed by atoms with E-state index in [1.807, 2.05) is 0 Å². The highest BCUT2D eigenvalue weighted by Crippen LogP contribution is 2.39. The first-order valence-electron chi connectivity index (χ1n) is 7.47. The molecule has 104 valence electrons. The Morgan fingerprint density at radius 2 is 2.22 bits per heavy atom. The van der Waals surface area contributed by atoms with Crippen LogP contribution in [0.4, 0.5) is 0 Å². The fourth-order valence-electron chi connectivity index (χ4n) is 3.88. The smallest absolute Gasteiger partial charge is 0.127 e. The molecule has 3 nitrogen and oxygen atoms in total. The first kappa shape index (κ1) is 14.0. The second kappa shape index (κ2) is 6.16. The van der Waals surface area contributed by atoms with Gasteiger partial charge in [0.15, 0.2) is 0 Å². The summed E-state index contributed by atoms with van der Waals surface area (Å²) in [7, 11) is 0. The van der Waals surface area contributed by atoms with Crippen LogP contribution in [-0.4, -0.2) is 42.5 Å². The first-order valence-corrected chi connectivity index (χ1v) is 7.47. The molecule has 3 heteroatoms. The summed E-state index contributed by atoms with van der Waals surface area (Å²) in [6.07, 6.45) is 8.10. The zero-order valence-corrected chi connectivity index (χ0v) is 11.6. The van der Waals surface area contributed by atoms with Crippen LogP contribution in [0.3, 0.4) is 0 Å². The SMILES string of the molecule is CC1CCCC(C=O)(CN2CCCC(CO)C2)C1. The highest BCUT2D eigenvalue weighted by atomic mass is 16.3. The molecular weight excluding hydrogens is 226 g/mol. The quantitative estimate of drug-likeness (QED) is 0.780. The minimum absolute atomic E-state index is 0.102. The molecule has 1 aliphatic carbocycles. The van der Waals surface area contributed by atoms with Gasteiger partial charge in [-0.2, -0.15) is 0 Å². The Morgan fingerprint density at radius 3 is 2.89 bits per heavy atom. The van der Waals surface area contributed by atoms with Gasteiger partial charge in [0.2, 0.25) is 0 Å². The second-order valence-corrected chi connectivity index (χ2v) is 6.61. The van der Waals surface area contributed by atoms with Crippen molar-refractivity contribution in [3.63, 3.8) is 0 Å². The maximum Gasteiger partial charge on any atom is 0.127 e. The van der Waals surface area contributed by atoms with Crippen LogP contribution in [0.15, 0.2) is 0 Å². The molecule has 0 aromatic heterocycles. The lowest BCUT2D eigenvalue weighted by Crippen LogP contribution is -2.46. The van der Waals surface area contributed by atoms with Gasteiger partial charge in [-0.05, 0) is 44.1 Å². The molecular formula is C15H27NO2. The van der Waals surface area contributed by atoms with Crippen LogP contribution >= 0.6 is 0 Å². The molecule has 3 atom stereocenters. The fraction of sp³-hybridized carbons (Fsp3) is 0.933. The summed E-state index contributed by atoms with van der Waals surface area (Å²) in [5.74, 6) is 1.10. The fourth-order valence-corrected chi connectivity index (χ4v) is 3.88. The standard InChI is InChI=1S/C15H27NO2/c1-13-4-2-6-15(8-13,12-18)11-16-7-3-5-14(9-16)10-17/h12-14,17H,2-11H2,1H3. The van der Waals surface area contributed by atoms with E-state index in [4.69, 9.17) is 0 Å². The molecule has 0 aromatic carbocycles. The van der Waals surface area contributed by atoms with Crippen molar-refractivity contribution in [2.24, 2.45) is 17.3 Å². The van der Waals surface area contributed by atoms with Gasteiger partial charge in [-0.15, -0.1) is 0 Å². The van der Waals surface area contributed by atoms with Crippen LogP contribution in [0.5, 0.6) is 0 Å². The molecule has 1 heterocycles. The number of hydrogen-bond acceptors (Lipinski definition) is 3.